The van der Waals surface area contributed by atoms with Gasteiger partial charge in [-0.05, 0) is 43.7 Å². The first-order valence-electron chi connectivity index (χ1n) is 8.06. The van der Waals surface area contributed by atoms with Gasteiger partial charge >= 0.3 is 5.97 Å². The highest BCUT2D eigenvalue weighted by Gasteiger charge is 2.22. The summed E-state index contributed by atoms with van der Waals surface area (Å²) >= 11 is 6.12. The molecule has 0 radical (unpaired) electrons. The molecule has 0 aliphatic heterocycles. The van der Waals surface area contributed by atoms with E-state index < -0.39 is 22.6 Å². The number of hydrogen-bond acceptors (Lipinski definition) is 5. The number of carboxylic acids is 1. The number of rotatable bonds is 7. The number of carbonyl (C=O) groups excluding carboxylic acids is 1. The van der Waals surface area contributed by atoms with Gasteiger partial charge in [-0.15, -0.1) is 0 Å². The lowest BCUT2D eigenvalue weighted by Crippen LogP contribution is -2.17. The lowest BCUT2D eigenvalue weighted by Gasteiger charge is -2.16. The van der Waals surface area contributed by atoms with E-state index in [1.165, 1.54) is 44.2 Å². The van der Waals surface area contributed by atoms with Crippen LogP contribution in [-0.2, 0) is 19.6 Å². The van der Waals surface area contributed by atoms with Crippen LogP contribution in [-0.4, -0.2) is 32.0 Å². The number of carboxylic acid groups (broad SMARTS) is 1. The van der Waals surface area contributed by atoms with E-state index in [-0.39, 0.29) is 32.8 Å². The van der Waals surface area contributed by atoms with Crippen LogP contribution in [0, 0.1) is 13.8 Å². The second-order valence-corrected chi connectivity index (χ2v) is 8.06. The van der Waals surface area contributed by atoms with Gasteiger partial charge in [0.05, 0.1) is 15.6 Å². The number of carbonyl (C=O) groups is 2. The molecule has 1 amide bonds. The van der Waals surface area contributed by atoms with Crippen molar-refractivity contribution in [2.24, 2.45) is 0 Å². The maximum absolute atomic E-state index is 12.8. The summed E-state index contributed by atoms with van der Waals surface area (Å²) in [6.45, 7) is 3.97. The lowest BCUT2D eigenvalue weighted by atomic mass is 10.1. The van der Waals surface area contributed by atoms with Crippen LogP contribution in [0.4, 0.5) is 11.4 Å². The van der Waals surface area contributed by atoms with Crippen molar-refractivity contribution >= 4 is 44.9 Å². The number of anilines is 2. The first-order chi connectivity index (χ1) is 13.0. The van der Waals surface area contributed by atoms with Crippen molar-refractivity contribution in [3.63, 3.8) is 0 Å². The molecule has 0 heterocycles. The van der Waals surface area contributed by atoms with Crippen LogP contribution < -0.4 is 14.8 Å². The molecule has 2 aromatic carbocycles. The molecule has 0 spiro atoms. The molecule has 0 fully saturated rings. The predicted molar refractivity (Wildman–Crippen MR) is 106 cm³/mol. The molecule has 0 bridgehead atoms. The zero-order valence-corrected chi connectivity index (χ0v) is 16.9. The predicted octanol–water partition coefficient (Wildman–Crippen LogP) is 3.18. The maximum Gasteiger partial charge on any atom is 0.341 e. The van der Waals surface area contributed by atoms with Gasteiger partial charge in [0.15, 0.2) is 6.61 Å². The number of ether oxygens (including phenoxy) is 1. The minimum Gasteiger partial charge on any atom is -0.481 e. The molecular weight excluding hydrogens is 408 g/mol. The Bertz CT molecular complexity index is 1040. The van der Waals surface area contributed by atoms with Gasteiger partial charge in [0, 0.05) is 18.2 Å². The molecule has 0 atom stereocenters. The molecule has 10 heteroatoms. The average Bonchev–Trinajstić information content (AvgIpc) is 2.56. The van der Waals surface area contributed by atoms with Crippen molar-refractivity contribution in [3.05, 3.63) is 46.5 Å². The van der Waals surface area contributed by atoms with Crippen LogP contribution in [0.25, 0.3) is 0 Å². The highest BCUT2D eigenvalue weighted by molar-refractivity contribution is 7.92. The minimum absolute atomic E-state index is 0.0690. The zero-order chi connectivity index (χ0) is 21.1. The first kappa shape index (κ1) is 21.5. The van der Waals surface area contributed by atoms with Crippen LogP contribution in [0.3, 0.4) is 0 Å². The van der Waals surface area contributed by atoms with Crippen LogP contribution in [0.5, 0.6) is 5.75 Å². The monoisotopic (exact) mass is 426 g/mol. The molecule has 2 aromatic rings. The van der Waals surface area contributed by atoms with Gasteiger partial charge < -0.3 is 15.2 Å². The van der Waals surface area contributed by atoms with Gasteiger partial charge in [0.25, 0.3) is 10.0 Å². The van der Waals surface area contributed by atoms with Gasteiger partial charge in [-0.3, -0.25) is 9.52 Å². The van der Waals surface area contributed by atoms with Crippen molar-refractivity contribution < 1.29 is 27.9 Å². The van der Waals surface area contributed by atoms with E-state index in [1.807, 2.05) is 0 Å². The number of sulfonamides is 1. The van der Waals surface area contributed by atoms with E-state index >= 15 is 0 Å². The fourth-order valence-corrected chi connectivity index (χ4v) is 4.14. The smallest absolute Gasteiger partial charge is 0.341 e. The summed E-state index contributed by atoms with van der Waals surface area (Å²) in [6.07, 6.45) is 0. The number of nitrogens with one attached hydrogen (secondary N) is 2. The fourth-order valence-electron chi connectivity index (χ4n) is 2.53. The van der Waals surface area contributed by atoms with Crippen molar-refractivity contribution in [3.8, 4) is 5.75 Å². The van der Waals surface area contributed by atoms with Gasteiger partial charge in [-0.25, -0.2) is 13.2 Å². The minimum atomic E-state index is -4.03. The van der Waals surface area contributed by atoms with E-state index in [0.29, 0.717) is 11.3 Å². The quantitative estimate of drug-likeness (QED) is 0.625. The number of aliphatic carboxylic acids is 1. The van der Waals surface area contributed by atoms with E-state index in [2.05, 4.69) is 10.0 Å². The largest absolute Gasteiger partial charge is 0.481 e. The van der Waals surface area contributed by atoms with Gasteiger partial charge in [0.1, 0.15) is 5.75 Å². The molecule has 0 aliphatic carbocycles. The van der Waals surface area contributed by atoms with Crippen molar-refractivity contribution in [2.45, 2.75) is 25.7 Å². The van der Waals surface area contributed by atoms with Crippen LogP contribution in [0.15, 0.2) is 35.2 Å². The third-order valence-corrected chi connectivity index (χ3v) is 5.54. The van der Waals surface area contributed by atoms with E-state index in [4.69, 9.17) is 21.4 Å². The molecule has 0 aliphatic rings. The molecule has 0 aromatic heterocycles. The van der Waals surface area contributed by atoms with Gasteiger partial charge in [-0.2, -0.15) is 0 Å². The summed E-state index contributed by atoms with van der Waals surface area (Å²) in [5, 5.41) is 11.4. The summed E-state index contributed by atoms with van der Waals surface area (Å²) in [5.74, 6) is -1.26. The summed E-state index contributed by atoms with van der Waals surface area (Å²) < 4.78 is 33.3. The van der Waals surface area contributed by atoms with E-state index in [0.717, 1.165) is 0 Å². The van der Waals surface area contributed by atoms with Gasteiger partial charge in [-0.1, -0.05) is 17.7 Å². The third kappa shape index (κ3) is 5.14. The molecule has 0 saturated carbocycles. The van der Waals surface area contributed by atoms with E-state index in [1.54, 1.807) is 6.92 Å². The Kier molecular flexibility index (Phi) is 6.52. The lowest BCUT2D eigenvalue weighted by molar-refractivity contribution is -0.139. The van der Waals surface area contributed by atoms with Crippen molar-refractivity contribution in [2.75, 3.05) is 16.6 Å². The molecule has 2 rings (SSSR count). The van der Waals surface area contributed by atoms with Crippen LogP contribution in [0.2, 0.25) is 5.02 Å². The Morgan fingerprint density at radius 2 is 1.86 bits per heavy atom. The SMILES string of the molecule is CC(=O)Nc1ccc(NS(=O)(=O)c2ccc(C)c(OCC(=O)O)c2C)c(Cl)c1. The molecule has 150 valence electrons. The Labute approximate surface area is 167 Å². The Balaban J connectivity index is 2.36. The number of hydrogen-bond donors (Lipinski definition) is 3. The topological polar surface area (TPSA) is 122 Å². The number of halogens is 1. The zero-order valence-electron chi connectivity index (χ0n) is 15.4. The summed E-state index contributed by atoms with van der Waals surface area (Å²) in [5.41, 5.74) is 1.44. The average molecular weight is 427 g/mol. The normalized spacial score (nSPS) is 11.0. The highest BCUT2D eigenvalue weighted by Crippen LogP contribution is 2.32. The Morgan fingerprint density at radius 3 is 2.43 bits per heavy atom. The molecule has 0 unspecified atom stereocenters. The van der Waals surface area contributed by atoms with Gasteiger partial charge in [0.2, 0.25) is 5.91 Å². The molecule has 28 heavy (non-hydrogen) atoms. The highest BCUT2D eigenvalue weighted by atomic mass is 35.5. The molecule has 3 N–H and O–H groups in total. The standard InChI is InChI=1S/C18H19ClN2O6S/c1-10-4-7-16(11(2)18(10)27-9-17(23)24)28(25,26)21-15-6-5-13(8-14(15)19)20-12(3)22/h4-8,21H,9H2,1-3H3,(H,20,22)(H,23,24). The van der Waals surface area contributed by atoms with Crippen LogP contribution in [0.1, 0.15) is 18.1 Å². The summed E-state index contributed by atoms with van der Waals surface area (Å²) in [4.78, 5) is 21.8. The maximum atomic E-state index is 12.8. The molecule has 0 saturated heterocycles. The summed E-state index contributed by atoms with van der Waals surface area (Å²) in [7, 11) is -4.03. The number of amides is 1. The number of benzene rings is 2. The van der Waals surface area contributed by atoms with E-state index in [9.17, 15) is 18.0 Å². The third-order valence-electron chi connectivity index (χ3n) is 3.72. The Morgan fingerprint density at radius 1 is 1.18 bits per heavy atom. The summed E-state index contributed by atoms with van der Waals surface area (Å²) in [6, 6.07) is 7.29. The number of aryl methyl sites for hydroxylation is 1. The first-order valence-corrected chi connectivity index (χ1v) is 9.92. The van der Waals surface area contributed by atoms with Crippen molar-refractivity contribution in [1.29, 1.82) is 0 Å². The molecule has 8 nitrogen and oxygen atoms in total. The van der Waals surface area contributed by atoms with Crippen molar-refractivity contribution in [1.82, 2.24) is 0 Å². The Hall–Kier alpha value is -2.78. The second kappa shape index (κ2) is 8.49. The molecular formula is C18H19ClN2O6S. The second-order valence-electron chi connectivity index (χ2n) is 6.00. The van der Waals surface area contributed by atoms with Crippen LogP contribution >= 0.6 is 11.6 Å². The fraction of sp³-hybridized carbons (Fsp3) is 0.222.